The van der Waals surface area contributed by atoms with Gasteiger partial charge in [0.1, 0.15) is 10.8 Å². The Hall–Kier alpha value is -2.45. The van der Waals surface area contributed by atoms with Crippen LogP contribution < -0.4 is 15.4 Å². The zero-order valence-electron chi connectivity index (χ0n) is 17.9. The first-order chi connectivity index (χ1) is 15.0. The van der Waals surface area contributed by atoms with E-state index in [0.29, 0.717) is 36.6 Å². The van der Waals surface area contributed by atoms with Gasteiger partial charge in [-0.05, 0) is 75.9 Å². The van der Waals surface area contributed by atoms with Crippen LogP contribution in [0, 0.1) is 6.92 Å². The van der Waals surface area contributed by atoms with Crippen LogP contribution in [0.2, 0.25) is 0 Å². The molecule has 0 bridgehead atoms. The van der Waals surface area contributed by atoms with Crippen molar-refractivity contribution in [2.75, 3.05) is 18.5 Å². The Morgan fingerprint density at radius 1 is 1.16 bits per heavy atom. The molecule has 1 aliphatic rings. The lowest BCUT2D eigenvalue weighted by Crippen LogP contribution is -2.34. The van der Waals surface area contributed by atoms with Gasteiger partial charge in [-0.3, -0.25) is 4.79 Å². The fourth-order valence-electron chi connectivity index (χ4n) is 3.45. The van der Waals surface area contributed by atoms with Crippen LogP contribution in [-0.4, -0.2) is 30.2 Å². The van der Waals surface area contributed by atoms with Gasteiger partial charge in [-0.2, -0.15) is 0 Å². The summed E-state index contributed by atoms with van der Waals surface area (Å²) in [6.07, 6.45) is 4.85. The Bertz CT molecular complexity index is 938. The van der Waals surface area contributed by atoms with E-state index in [1.807, 2.05) is 31.2 Å². The number of nitrogens with one attached hydrogen (secondary N) is 2. The molecule has 0 saturated heterocycles. The minimum Gasteiger partial charge on any atom is -0.494 e. The molecule has 3 rings (SSSR count). The largest absolute Gasteiger partial charge is 0.494 e. The van der Waals surface area contributed by atoms with Crippen molar-refractivity contribution in [1.29, 1.82) is 0 Å². The number of carbonyl (C=O) groups is 2. The topological polar surface area (TPSA) is 76.7 Å². The Morgan fingerprint density at radius 2 is 1.90 bits per heavy atom. The van der Waals surface area contributed by atoms with E-state index in [-0.39, 0.29) is 17.0 Å². The highest BCUT2D eigenvalue weighted by Gasteiger charge is 2.26. The van der Waals surface area contributed by atoms with Crippen LogP contribution in [0.15, 0.2) is 24.3 Å². The summed E-state index contributed by atoms with van der Waals surface area (Å²) >= 11 is 6.83. The Balaban J connectivity index is 1.50. The normalized spacial score (nSPS) is 12.6. The fourth-order valence-corrected chi connectivity index (χ4v) is 5.02. The molecule has 0 aliphatic heterocycles. The van der Waals surface area contributed by atoms with Crippen molar-refractivity contribution >= 4 is 45.5 Å². The summed E-state index contributed by atoms with van der Waals surface area (Å²) in [5, 5.41) is 6.58. The first kappa shape index (κ1) is 23.2. The number of carbonyl (C=O) groups excluding carboxylic acids is 2. The maximum Gasteiger partial charge on any atom is 0.341 e. The number of thiocarbonyl (C=S) groups is 1. The minimum absolute atomic E-state index is 0.189. The summed E-state index contributed by atoms with van der Waals surface area (Å²) in [7, 11) is 0. The fraction of sp³-hybridized carbons (Fsp3) is 0.435. The number of hydrogen-bond acceptors (Lipinski definition) is 6. The highest BCUT2D eigenvalue weighted by atomic mass is 32.1. The molecule has 1 heterocycles. The van der Waals surface area contributed by atoms with Gasteiger partial charge >= 0.3 is 5.97 Å². The number of amides is 1. The lowest BCUT2D eigenvalue weighted by atomic mass is 9.95. The van der Waals surface area contributed by atoms with Crippen LogP contribution in [-0.2, 0) is 22.4 Å². The van der Waals surface area contributed by atoms with Crippen molar-refractivity contribution in [1.82, 2.24) is 5.32 Å². The zero-order chi connectivity index (χ0) is 22.2. The molecule has 2 N–H and O–H groups in total. The summed E-state index contributed by atoms with van der Waals surface area (Å²) in [6.45, 7) is 4.57. The van der Waals surface area contributed by atoms with Gasteiger partial charge in [-0.1, -0.05) is 17.7 Å². The molecular weight excluding hydrogens is 432 g/mol. The molecule has 0 fully saturated rings. The lowest BCUT2D eigenvalue weighted by Gasteiger charge is -2.13. The molecular formula is C23H28N2O4S2. The molecule has 1 aliphatic carbocycles. The Labute approximate surface area is 192 Å². The molecule has 0 saturated carbocycles. The van der Waals surface area contributed by atoms with E-state index in [2.05, 4.69) is 10.6 Å². The van der Waals surface area contributed by atoms with E-state index in [9.17, 15) is 9.59 Å². The van der Waals surface area contributed by atoms with Crippen molar-refractivity contribution in [2.24, 2.45) is 0 Å². The van der Waals surface area contributed by atoms with Crippen molar-refractivity contribution in [3.63, 3.8) is 0 Å². The highest BCUT2D eigenvalue weighted by Crippen LogP contribution is 2.38. The van der Waals surface area contributed by atoms with E-state index in [0.717, 1.165) is 37.0 Å². The number of ether oxygens (including phenoxy) is 2. The van der Waals surface area contributed by atoms with Crippen LogP contribution in [0.4, 0.5) is 5.00 Å². The van der Waals surface area contributed by atoms with Crippen molar-refractivity contribution in [2.45, 2.75) is 52.4 Å². The SMILES string of the molecule is CCOC(=O)c1c(NC(=S)NC(=O)CCCOc2ccc(C)cc2)sc2c1CCCC2. The van der Waals surface area contributed by atoms with E-state index in [4.69, 9.17) is 21.7 Å². The van der Waals surface area contributed by atoms with Crippen LogP contribution in [0.1, 0.15) is 59.0 Å². The lowest BCUT2D eigenvalue weighted by molar-refractivity contribution is -0.119. The zero-order valence-corrected chi connectivity index (χ0v) is 19.5. The number of rotatable bonds is 8. The molecule has 0 unspecified atom stereocenters. The van der Waals surface area contributed by atoms with Gasteiger partial charge in [-0.15, -0.1) is 11.3 Å². The first-order valence-electron chi connectivity index (χ1n) is 10.6. The third-order valence-corrected chi connectivity index (χ3v) is 6.38. The number of thiophene rings is 1. The molecule has 1 aromatic carbocycles. The number of anilines is 1. The van der Waals surface area contributed by atoms with E-state index >= 15 is 0 Å². The molecule has 6 nitrogen and oxygen atoms in total. The summed E-state index contributed by atoms with van der Waals surface area (Å²) in [6, 6.07) is 7.80. The average molecular weight is 461 g/mol. The quantitative estimate of drug-likeness (QED) is 0.335. The van der Waals surface area contributed by atoms with Crippen LogP contribution in [0.25, 0.3) is 0 Å². The molecule has 2 aromatic rings. The van der Waals surface area contributed by atoms with Gasteiger partial charge in [-0.25, -0.2) is 4.79 Å². The third-order valence-electron chi connectivity index (χ3n) is 4.97. The monoisotopic (exact) mass is 460 g/mol. The van der Waals surface area contributed by atoms with Crippen molar-refractivity contribution in [3.8, 4) is 5.75 Å². The smallest absolute Gasteiger partial charge is 0.341 e. The van der Waals surface area contributed by atoms with Crippen molar-refractivity contribution in [3.05, 3.63) is 45.8 Å². The van der Waals surface area contributed by atoms with Gasteiger partial charge in [0, 0.05) is 11.3 Å². The molecule has 0 spiro atoms. The summed E-state index contributed by atoms with van der Waals surface area (Å²) in [5.41, 5.74) is 2.79. The number of fused-ring (bicyclic) bond motifs is 1. The molecule has 8 heteroatoms. The van der Waals surface area contributed by atoms with Gasteiger partial charge in [0.15, 0.2) is 5.11 Å². The standard InChI is InChI=1S/C23H28N2O4S2/c1-3-28-22(27)20-17-7-4-5-8-18(17)31-21(20)25-23(30)24-19(26)9-6-14-29-16-12-10-15(2)11-13-16/h10-13H,3-9,14H2,1-2H3,(H2,24,25,26,30). The predicted octanol–water partition coefficient (Wildman–Crippen LogP) is 4.78. The second kappa shape index (κ2) is 11.2. The van der Waals surface area contributed by atoms with Gasteiger partial charge in [0.2, 0.25) is 5.91 Å². The summed E-state index contributed by atoms with van der Waals surface area (Å²) in [4.78, 5) is 25.9. The molecule has 1 amide bonds. The molecule has 1 aromatic heterocycles. The second-order valence-corrected chi connectivity index (χ2v) is 8.92. The van der Waals surface area contributed by atoms with Gasteiger partial charge < -0.3 is 20.1 Å². The van der Waals surface area contributed by atoms with Crippen molar-refractivity contribution < 1.29 is 19.1 Å². The molecule has 166 valence electrons. The number of hydrogen-bond donors (Lipinski definition) is 2. The van der Waals surface area contributed by atoms with Crippen LogP contribution in [0.3, 0.4) is 0 Å². The third kappa shape index (κ3) is 6.51. The number of aryl methyl sites for hydroxylation is 2. The number of benzene rings is 1. The predicted molar refractivity (Wildman–Crippen MR) is 127 cm³/mol. The molecule has 0 atom stereocenters. The highest BCUT2D eigenvalue weighted by molar-refractivity contribution is 7.80. The molecule has 31 heavy (non-hydrogen) atoms. The van der Waals surface area contributed by atoms with E-state index in [1.165, 1.54) is 21.8 Å². The maximum absolute atomic E-state index is 12.5. The average Bonchev–Trinajstić information content (AvgIpc) is 3.10. The van der Waals surface area contributed by atoms with Crippen LogP contribution in [0.5, 0.6) is 5.75 Å². The Kier molecular flexibility index (Phi) is 8.43. The maximum atomic E-state index is 12.5. The summed E-state index contributed by atoms with van der Waals surface area (Å²) in [5.74, 6) is 0.257. The van der Waals surface area contributed by atoms with Crippen LogP contribution >= 0.6 is 23.6 Å². The van der Waals surface area contributed by atoms with E-state index in [1.54, 1.807) is 6.92 Å². The number of esters is 1. The first-order valence-corrected chi connectivity index (χ1v) is 11.8. The summed E-state index contributed by atoms with van der Waals surface area (Å²) < 4.78 is 10.9. The molecule has 0 radical (unpaired) electrons. The van der Waals surface area contributed by atoms with Gasteiger partial charge in [0.05, 0.1) is 18.8 Å². The second-order valence-electron chi connectivity index (χ2n) is 7.40. The van der Waals surface area contributed by atoms with Gasteiger partial charge in [0.25, 0.3) is 0 Å². The minimum atomic E-state index is -0.341. The van der Waals surface area contributed by atoms with E-state index < -0.39 is 0 Å². The Morgan fingerprint density at radius 3 is 2.65 bits per heavy atom.